The number of anilines is 1. The summed E-state index contributed by atoms with van der Waals surface area (Å²) < 4.78 is 0. The zero-order chi connectivity index (χ0) is 13.8. The molecule has 1 heterocycles. The number of rotatable bonds is 4. The molecule has 19 heavy (non-hydrogen) atoms. The van der Waals surface area contributed by atoms with Gasteiger partial charge in [-0.15, -0.1) is 0 Å². The largest absolute Gasteiger partial charge is 0.370 e. The Labute approximate surface area is 119 Å². The van der Waals surface area contributed by atoms with E-state index in [-0.39, 0.29) is 0 Å². The van der Waals surface area contributed by atoms with Crippen LogP contribution in [0.15, 0.2) is 30.6 Å². The molecule has 1 aromatic carbocycles. The van der Waals surface area contributed by atoms with Crippen molar-refractivity contribution in [3.63, 3.8) is 0 Å². The molecule has 0 saturated heterocycles. The number of nitrogens with one attached hydrogen (secondary N) is 1. The first-order valence-corrected chi connectivity index (χ1v) is 6.86. The molecule has 100 valence electrons. The second kappa shape index (κ2) is 6.02. The minimum Gasteiger partial charge on any atom is -0.370 e. The lowest BCUT2D eigenvalue weighted by atomic mass is 9.97. The number of aromatic nitrogens is 2. The van der Waals surface area contributed by atoms with Gasteiger partial charge in [0.15, 0.2) is 0 Å². The zero-order valence-electron chi connectivity index (χ0n) is 11.4. The highest BCUT2D eigenvalue weighted by atomic mass is 35.5. The van der Waals surface area contributed by atoms with Crippen LogP contribution >= 0.6 is 11.6 Å². The van der Waals surface area contributed by atoms with E-state index in [2.05, 4.69) is 36.1 Å². The van der Waals surface area contributed by atoms with Crippen molar-refractivity contribution < 1.29 is 0 Å². The Balaban J connectivity index is 2.63. The van der Waals surface area contributed by atoms with Crippen LogP contribution in [0.4, 0.5) is 5.82 Å². The van der Waals surface area contributed by atoms with E-state index in [4.69, 9.17) is 11.6 Å². The minimum atomic E-state index is 0.321. The van der Waals surface area contributed by atoms with Gasteiger partial charge < -0.3 is 5.32 Å². The second-order valence-electron chi connectivity index (χ2n) is 4.65. The van der Waals surface area contributed by atoms with Crippen LogP contribution < -0.4 is 5.32 Å². The van der Waals surface area contributed by atoms with Gasteiger partial charge in [-0.2, -0.15) is 0 Å². The van der Waals surface area contributed by atoms with Crippen LogP contribution in [0.1, 0.15) is 32.3 Å². The normalized spacial score (nSPS) is 10.8. The SMILES string of the molecule is CCNc1ncnc(-c2ccccc2Cl)c1C(C)C. The van der Waals surface area contributed by atoms with E-state index < -0.39 is 0 Å². The van der Waals surface area contributed by atoms with Gasteiger partial charge in [0.1, 0.15) is 12.1 Å². The molecular formula is C15H18ClN3. The number of hydrogen-bond acceptors (Lipinski definition) is 3. The predicted octanol–water partition coefficient (Wildman–Crippen LogP) is 4.35. The predicted molar refractivity (Wildman–Crippen MR) is 80.7 cm³/mol. The second-order valence-corrected chi connectivity index (χ2v) is 5.06. The molecule has 2 rings (SSSR count). The molecular weight excluding hydrogens is 258 g/mol. The molecule has 2 aromatic rings. The van der Waals surface area contributed by atoms with Gasteiger partial charge >= 0.3 is 0 Å². The van der Waals surface area contributed by atoms with Crippen molar-refractivity contribution in [3.05, 3.63) is 41.2 Å². The van der Waals surface area contributed by atoms with Gasteiger partial charge in [-0.05, 0) is 18.9 Å². The van der Waals surface area contributed by atoms with Gasteiger partial charge in [0.05, 0.1) is 5.69 Å². The third kappa shape index (κ3) is 2.87. The van der Waals surface area contributed by atoms with Gasteiger partial charge in [0, 0.05) is 22.7 Å². The van der Waals surface area contributed by atoms with E-state index in [0.717, 1.165) is 29.2 Å². The Bertz CT molecular complexity index is 567. The molecule has 0 atom stereocenters. The molecule has 1 N–H and O–H groups in total. The fourth-order valence-corrected chi connectivity index (χ4v) is 2.34. The van der Waals surface area contributed by atoms with Crippen LogP contribution in [0.3, 0.4) is 0 Å². The van der Waals surface area contributed by atoms with Gasteiger partial charge in [-0.3, -0.25) is 0 Å². The first-order valence-electron chi connectivity index (χ1n) is 6.48. The molecule has 3 nitrogen and oxygen atoms in total. The lowest BCUT2D eigenvalue weighted by Crippen LogP contribution is -2.07. The smallest absolute Gasteiger partial charge is 0.133 e. The Hall–Kier alpha value is -1.61. The summed E-state index contributed by atoms with van der Waals surface area (Å²) in [5.74, 6) is 1.21. The fraction of sp³-hybridized carbons (Fsp3) is 0.333. The Kier molecular flexibility index (Phi) is 4.38. The summed E-state index contributed by atoms with van der Waals surface area (Å²) in [4.78, 5) is 8.78. The maximum Gasteiger partial charge on any atom is 0.133 e. The monoisotopic (exact) mass is 275 g/mol. The van der Waals surface area contributed by atoms with E-state index >= 15 is 0 Å². The first kappa shape index (κ1) is 13.8. The Morgan fingerprint density at radius 3 is 2.58 bits per heavy atom. The topological polar surface area (TPSA) is 37.8 Å². The number of hydrogen-bond donors (Lipinski definition) is 1. The quantitative estimate of drug-likeness (QED) is 0.901. The highest BCUT2D eigenvalue weighted by Gasteiger charge is 2.17. The Morgan fingerprint density at radius 1 is 1.21 bits per heavy atom. The van der Waals surface area contributed by atoms with Crippen molar-refractivity contribution in [2.75, 3.05) is 11.9 Å². The molecule has 4 heteroatoms. The maximum atomic E-state index is 6.28. The summed E-state index contributed by atoms with van der Waals surface area (Å²) in [7, 11) is 0. The molecule has 0 radical (unpaired) electrons. The van der Waals surface area contributed by atoms with E-state index in [9.17, 15) is 0 Å². The molecule has 0 spiro atoms. The van der Waals surface area contributed by atoms with Crippen LogP contribution in [-0.4, -0.2) is 16.5 Å². The molecule has 0 aliphatic rings. The van der Waals surface area contributed by atoms with Gasteiger partial charge in [0.2, 0.25) is 0 Å². The van der Waals surface area contributed by atoms with E-state index in [1.807, 2.05) is 24.3 Å². The van der Waals surface area contributed by atoms with E-state index in [0.29, 0.717) is 10.9 Å². The van der Waals surface area contributed by atoms with Crippen molar-refractivity contribution in [1.82, 2.24) is 9.97 Å². The lowest BCUT2D eigenvalue weighted by molar-refractivity contribution is 0.849. The van der Waals surface area contributed by atoms with E-state index in [1.54, 1.807) is 6.33 Å². The van der Waals surface area contributed by atoms with Crippen molar-refractivity contribution in [1.29, 1.82) is 0 Å². The molecule has 1 aromatic heterocycles. The molecule has 0 aliphatic carbocycles. The van der Waals surface area contributed by atoms with Crippen molar-refractivity contribution in [2.45, 2.75) is 26.7 Å². The average Bonchev–Trinajstić information content (AvgIpc) is 2.39. The molecule has 0 unspecified atom stereocenters. The van der Waals surface area contributed by atoms with Crippen LogP contribution in [0.2, 0.25) is 5.02 Å². The zero-order valence-corrected chi connectivity index (χ0v) is 12.2. The van der Waals surface area contributed by atoms with Crippen LogP contribution in [0.5, 0.6) is 0 Å². The minimum absolute atomic E-state index is 0.321. The van der Waals surface area contributed by atoms with Gasteiger partial charge in [0.25, 0.3) is 0 Å². The van der Waals surface area contributed by atoms with Gasteiger partial charge in [-0.1, -0.05) is 43.6 Å². The highest BCUT2D eigenvalue weighted by molar-refractivity contribution is 6.33. The van der Waals surface area contributed by atoms with Gasteiger partial charge in [-0.25, -0.2) is 9.97 Å². The Morgan fingerprint density at radius 2 is 1.95 bits per heavy atom. The molecule has 0 aliphatic heterocycles. The fourth-order valence-electron chi connectivity index (χ4n) is 2.12. The molecule has 0 saturated carbocycles. The van der Waals surface area contributed by atoms with Crippen LogP contribution in [-0.2, 0) is 0 Å². The first-order chi connectivity index (χ1) is 9.15. The summed E-state index contributed by atoms with van der Waals surface area (Å²) >= 11 is 6.28. The van der Waals surface area contributed by atoms with Crippen LogP contribution in [0.25, 0.3) is 11.3 Å². The van der Waals surface area contributed by atoms with Crippen molar-refractivity contribution in [3.8, 4) is 11.3 Å². The summed E-state index contributed by atoms with van der Waals surface area (Å²) in [5.41, 5.74) is 2.97. The van der Waals surface area contributed by atoms with Crippen molar-refractivity contribution >= 4 is 17.4 Å². The maximum absolute atomic E-state index is 6.28. The summed E-state index contributed by atoms with van der Waals surface area (Å²) in [6, 6.07) is 7.77. The summed E-state index contributed by atoms with van der Waals surface area (Å²) in [6.45, 7) is 7.17. The number of halogens is 1. The summed E-state index contributed by atoms with van der Waals surface area (Å²) in [5, 5.41) is 4.01. The lowest BCUT2D eigenvalue weighted by Gasteiger charge is -2.17. The molecule has 0 bridgehead atoms. The number of nitrogens with zero attached hydrogens (tertiary/aromatic N) is 2. The molecule has 0 amide bonds. The average molecular weight is 276 g/mol. The van der Waals surface area contributed by atoms with Crippen LogP contribution in [0, 0.1) is 0 Å². The highest BCUT2D eigenvalue weighted by Crippen LogP contribution is 2.35. The van der Waals surface area contributed by atoms with Crippen molar-refractivity contribution in [2.24, 2.45) is 0 Å². The van der Waals surface area contributed by atoms with E-state index in [1.165, 1.54) is 0 Å². The third-order valence-electron chi connectivity index (χ3n) is 2.93. The molecule has 0 fully saturated rings. The third-order valence-corrected chi connectivity index (χ3v) is 3.26. The number of benzene rings is 1. The summed E-state index contributed by atoms with van der Waals surface area (Å²) in [6.07, 6.45) is 1.59. The standard InChI is InChI=1S/C15H18ClN3/c1-4-17-15-13(10(2)3)14(18-9-19-15)11-7-5-6-8-12(11)16/h5-10H,4H2,1-3H3,(H,17,18,19).